The molecule has 0 nitrogen and oxygen atoms in total. The van der Waals surface area contributed by atoms with Crippen LogP contribution in [0.25, 0.3) is 0 Å². The van der Waals surface area contributed by atoms with Gasteiger partial charge in [-0.2, -0.15) is 13.2 Å². The Balaban J connectivity index is 3.14. The maximum Gasteiger partial charge on any atom is 0.418 e. The summed E-state index contributed by atoms with van der Waals surface area (Å²) in [6, 6.07) is 0. The van der Waals surface area contributed by atoms with E-state index in [2.05, 4.69) is 31.9 Å². The normalized spacial score (nSPS) is 14.6. The second-order valence-corrected chi connectivity index (χ2v) is 5.52. The quantitative estimate of drug-likeness (QED) is 0.633. The smallest absolute Gasteiger partial charge is 0.166 e. The summed E-state index contributed by atoms with van der Waals surface area (Å²) < 4.78 is 37.0. The Bertz CT molecular complexity index is 303. The predicted octanol–water partition coefficient (Wildman–Crippen LogP) is 4.99. The first-order chi connectivity index (χ1) is 5.84. The van der Waals surface area contributed by atoms with E-state index in [9.17, 15) is 13.2 Å². The fraction of sp³-hybridized carbons (Fsp3) is 0.429. The van der Waals surface area contributed by atoms with Crippen LogP contribution in [0.15, 0.2) is 9.85 Å². The van der Waals surface area contributed by atoms with E-state index in [1.165, 1.54) is 0 Å². The summed E-state index contributed by atoms with van der Waals surface area (Å²) in [5, 5.41) is 1.12. The summed E-state index contributed by atoms with van der Waals surface area (Å²) in [7, 11) is 0. The number of halogens is 5. The largest absolute Gasteiger partial charge is 0.418 e. The first-order valence-corrected chi connectivity index (χ1v) is 5.91. The number of hydrogen-bond donors (Lipinski definition) is 0. The molecular formula is C7H5Br2F3S. The molecule has 1 heterocycles. The third-order valence-electron chi connectivity index (χ3n) is 1.42. The highest BCUT2D eigenvalue weighted by Crippen LogP contribution is 2.43. The van der Waals surface area contributed by atoms with Crippen LogP contribution in [0.5, 0.6) is 0 Å². The molecule has 1 atom stereocenters. The third kappa shape index (κ3) is 2.47. The van der Waals surface area contributed by atoms with Crippen LogP contribution in [0, 0.1) is 0 Å². The molecule has 1 rings (SSSR count). The first-order valence-electron chi connectivity index (χ1n) is 3.32. The summed E-state index contributed by atoms with van der Waals surface area (Å²) in [6.45, 7) is 1.79. The van der Waals surface area contributed by atoms with Crippen LogP contribution in [-0.2, 0) is 6.18 Å². The van der Waals surface area contributed by atoms with Crippen LogP contribution < -0.4 is 0 Å². The summed E-state index contributed by atoms with van der Waals surface area (Å²) >= 11 is 7.27. The number of alkyl halides is 4. The molecule has 6 heteroatoms. The lowest BCUT2D eigenvalue weighted by atomic mass is 10.3. The van der Waals surface area contributed by atoms with Gasteiger partial charge >= 0.3 is 6.18 Å². The van der Waals surface area contributed by atoms with Crippen molar-refractivity contribution in [1.29, 1.82) is 0 Å². The van der Waals surface area contributed by atoms with Crippen LogP contribution >= 0.6 is 43.2 Å². The Morgan fingerprint density at radius 1 is 1.46 bits per heavy atom. The average molecular weight is 338 g/mol. The first kappa shape index (κ1) is 11.5. The van der Waals surface area contributed by atoms with Crippen LogP contribution in [0.4, 0.5) is 13.2 Å². The van der Waals surface area contributed by atoms with E-state index in [0.717, 1.165) is 16.7 Å². The molecule has 13 heavy (non-hydrogen) atoms. The van der Waals surface area contributed by atoms with Crippen molar-refractivity contribution in [2.45, 2.75) is 17.9 Å². The van der Waals surface area contributed by atoms with Gasteiger partial charge in [0.05, 0.1) is 5.56 Å². The number of thiophene rings is 1. The van der Waals surface area contributed by atoms with E-state index >= 15 is 0 Å². The maximum absolute atomic E-state index is 12.3. The van der Waals surface area contributed by atoms with Crippen molar-refractivity contribution in [2.75, 3.05) is 0 Å². The molecule has 74 valence electrons. The van der Waals surface area contributed by atoms with Gasteiger partial charge in [0.15, 0.2) is 0 Å². The van der Waals surface area contributed by atoms with Crippen LogP contribution in [-0.4, -0.2) is 0 Å². The lowest BCUT2D eigenvalue weighted by molar-refractivity contribution is -0.137. The van der Waals surface area contributed by atoms with Gasteiger partial charge in [-0.15, -0.1) is 11.3 Å². The van der Waals surface area contributed by atoms with Crippen molar-refractivity contribution in [3.8, 4) is 0 Å². The molecule has 0 aliphatic carbocycles. The molecule has 0 radical (unpaired) electrons. The highest BCUT2D eigenvalue weighted by atomic mass is 79.9. The minimum Gasteiger partial charge on any atom is -0.166 e. The molecule has 0 bridgehead atoms. The minimum absolute atomic E-state index is 0.0667. The molecular weight excluding hydrogens is 333 g/mol. The van der Waals surface area contributed by atoms with Crippen molar-refractivity contribution in [1.82, 2.24) is 0 Å². The molecule has 1 aromatic heterocycles. The highest BCUT2D eigenvalue weighted by Gasteiger charge is 2.35. The number of hydrogen-bond acceptors (Lipinski definition) is 1. The molecule has 0 aliphatic rings. The van der Waals surface area contributed by atoms with E-state index in [4.69, 9.17) is 0 Å². The van der Waals surface area contributed by atoms with E-state index in [1.807, 2.05) is 0 Å². The van der Waals surface area contributed by atoms with E-state index in [1.54, 1.807) is 6.92 Å². The van der Waals surface area contributed by atoms with Crippen molar-refractivity contribution < 1.29 is 13.2 Å². The topological polar surface area (TPSA) is 0 Å². The molecule has 1 unspecified atom stereocenters. The Morgan fingerprint density at radius 2 is 2.00 bits per heavy atom. The molecule has 0 fully saturated rings. The molecule has 0 spiro atoms. The van der Waals surface area contributed by atoms with E-state index < -0.39 is 11.7 Å². The molecule has 0 saturated heterocycles. The van der Waals surface area contributed by atoms with Crippen LogP contribution in [0.3, 0.4) is 0 Å². The monoisotopic (exact) mass is 336 g/mol. The zero-order valence-corrected chi connectivity index (χ0v) is 10.4. The van der Waals surface area contributed by atoms with Gasteiger partial charge in [0.2, 0.25) is 0 Å². The van der Waals surface area contributed by atoms with Crippen LogP contribution in [0.1, 0.15) is 22.2 Å². The standard InChI is InChI=1S/C7H5Br2F3S/c1-3(8)6-5(9)4(2-13-6)7(10,11)12/h2-3H,1H3. The fourth-order valence-electron chi connectivity index (χ4n) is 0.818. The van der Waals surface area contributed by atoms with Gasteiger partial charge in [0, 0.05) is 19.6 Å². The Kier molecular flexibility index (Phi) is 3.46. The molecule has 0 aromatic carbocycles. The second-order valence-electron chi connectivity index (χ2n) is 2.44. The fourth-order valence-corrected chi connectivity index (χ4v) is 3.69. The van der Waals surface area contributed by atoms with Gasteiger partial charge < -0.3 is 0 Å². The lowest BCUT2D eigenvalue weighted by Gasteiger charge is -2.05. The summed E-state index contributed by atoms with van der Waals surface area (Å²) in [4.78, 5) is 0.593. The van der Waals surface area contributed by atoms with E-state index in [-0.39, 0.29) is 9.30 Å². The zero-order chi connectivity index (χ0) is 10.2. The minimum atomic E-state index is -4.27. The maximum atomic E-state index is 12.3. The van der Waals surface area contributed by atoms with Crippen molar-refractivity contribution >= 4 is 43.2 Å². The molecule has 1 aromatic rings. The lowest BCUT2D eigenvalue weighted by Crippen LogP contribution is -2.03. The number of rotatable bonds is 1. The van der Waals surface area contributed by atoms with Gasteiger partial charge in [-0.25, -0.2) is 0 Å². The Morgan fingerprint density at radius 3 is 2.23 bits per heavy atom. The summed E-state index contributed by atoms with van der Waals surface area (Å²) in [6.07, 6.45) is -4.27. The summed E-state index contributed by atoms with van der Waals surface area (Å²) in [5.41, 5.74) is -0.598. The van der Waals surface area contributed by atoms with Gasteiger partial charge in [-0.1, -0.05) is 15.9 Å². The predicted molar refractivity (Wildman–Crippen MR) is 54.4 cm³/mol. The third-order valence-corrected chi connectivity index (χ3v) is 4.47. The van der Waals surface area contributed by atoms with Crippen molar-refractivity contribution in [3.63, 3.8) is 0 Å². The van der Waals surface area contributed by atoms with Gasteiger partial charge in [0.1, 0.15) is 0 Å². The molecule has 0 aliphatic heterocycles. The van der Waals surface area contributed by atoms with Crippen molar-refractivity contribution in [2.24, 2.45) is 0 Å². The highest BCUT2D eigenvalue weighted by molar-refractivity contribution is 9.11. The van der Waals surface area contributed by atoms with Gasteiger partial charge in [-0.3, -0.25) is 0 Å². The Labute approximate surface area is 94.4 Å². The zero-order valence-electron chi connectivity index (χ0n) is 6.45. The molecule has 0 saturated carbocycles. The van der Waals surface area contributed by atoms with Gasteiger partial charge in [0.25, 0.3) is 0 Å². The van der Waals surface area contributed by atoms with Crippen LogP contribution in [0.2, 0.25) is 0 Å². The SMILES string of the molecule is CC(Br)c1scc(C(F)(F)F)c1Br. The molecule has 0 N–H and O–H groups in total. The average Bonchev–Trinajstić information content (AvgIpc) is 2.28. The van der Waals surface area contributed by atoms with Gasteiger partial charge in [-0.05, 0) is 22.9 Å². The Hall–Kier alpha value is 0.450. The molecule has 0 amide bonds. The van der Waals surface area contributed by atoms with Crippen molar-refractivity contribution in [3.05, 3.63) is 20.3 Å². The second kappa shape index (κ2) is 3.90. The summed E-state index contributed by atoms with van der Waals surface area (Å²) in [5.74, 6) is 0. The van der Waals surface area contributed by atoms with E-state index in [0.29, 0.717) is 4.88 Å².